The maximum Gasteiger partial charge on any atom is 0.435 e. The second-order valence-electron chi connectivity index (χ2n) is 5.59. The molecule has 0 spiro atoms. The van der Waals surface area contributed by atoms with Crippen LogP contribution >= 0.6 is 0 Å². The second-order valence-corrected chi connectivity index (χ2v) is 5.59. The highest BCUT2D eigenvalue weighted by atomic mass is 19.4. The number of alkyl halides is 3. The summed E-state index contributed by atoms with van der Waals surface area (Å²) in [7, 11) is 0. The second kappa shape index (κ2) is 6.93. The molecule has 23 heavy (non-hydrogen) atoms. The minimum absolute atomic E-state index is 0.0266. The van der Waals surface area contributed by atoms with Crippen molar-refractivity contribution in [1.29, 1.82) is 0 Å². The molecule has 0 amide bonds. The van der Waals surface area contributed by atoms with Crippen LogP contribution < -0.4 is 5.32 Å². The Hall–Kier alpha value is -2.18. The highest BCUT2D eigenvalue weighted by Gasteiger charge is 2.36. The van der Waals surface area contributed by atoms with Crippen LogP contribution in [0, 0.1) is 11.7 Å². The summed E-state index contributed by atoms with van der Waals surface area (Å²) in [6, 6.07) is 3.83. The van der Waals surface area contributed by atoms with E-state index in [2.05, 4.69) is 15.3 Å². The molecule has 0 unspecified atom stereocenters. The number of rotatable bonds is 5. The van der Waals surface area contributed by atoms with E-state index in [4.69, 9.17) is 0 Å². The first-order chi connectivity index (χ1) is 10.8. The van der Waals surface area contributed by atoms with Gasteiger partial charge in [-0.25, -0.2) is 9.37 Å². The molecule has 2 heterocycles. The number of nitrogens with one attached hydrogen (secondary N) is 1. The van der Waals surface area contributed by atoms with Crippen molar-refractivity contribution in [3.63, 3.8) is 0 Å². The number of hydrogen-bond acceptors (Lipinski definition) is 3. The Morgan fingerprint density at radius 2 is 1.91 bits per heavy atom. The minimum atomic E-state index is -4.60. The fourth-order valence-electron chi connectivity index (χ4n) is 2.03. The maximum absolute atomic E-state index is 13.2. The van der Waals surface area contributed by atoms with Gasteiger partial charge in [0, 0.05) is 18.3 Å². The highest BCUT2D eigenvalue weighted by molar-refractivity contribution is 5.62. The van der Waals surface area contributed by atoms with Crippen LogP contribution in [0.4, 0.5) is 23.2 Å². The van der Waals surface area contributed by atoms with Crippen LogP contribution in [0.5, 0.6) is 0 Å². The van der Waals surface area contributed by atoms with Crippen LogP contribution in [0.3, 0.4) is 0 Å². The molecule has 2 aromatic heterocycles. The number of nitrogens with zero attached hydrogens (tertiary/aromatic N) is 2. The summed E-state index contributed by atoms with van der Waals surface area (Å²) in [5.41, 5.74) is -0.864. The average molecular weight is 327 g/mol. The van der Waals surface area contributed by atoms with Gasteiger partial charge in [-0.05, 0) is 30.5 Å². The molecule has 0 radical (unpaired) electrons. The summed E-state index contributed by atoms with van der Waals surface area (Å²) in [5, 5.41) is 2.77. The third-order valence-electron chi connectivity index (χ3n) is 3.20. The zero-order valence-electron chi connectivity index (χ0n) is 12.8. The predicted octanol–water partition coefficient (Wildman–Crippen LogP) is 4.76. The lowest BCUT2D eigenvalue weighted by Crippen LogP contribution is -2.15. The van der Waals surface area contributed by atoms with E-state index in [0.29, 0.717) is 12.5 Å². The number of aromatic nitrogens is 2. The van der Waals surface area contributed by atoms with Crippen molar-refractivity contribution < 1.29 is 17.6 Å². The first kappa shape index (κ1) is 17.2. The Bertz CT molecular complexity index is 669. The van der Waals surface area contributed by atoms with Gasteiger partial charge < -0.3 is 5.32 Å². The van der Waals surface area contributed by atoms with Crippen molar-refractivity contribution in [2.24, 2.45) is 5.92 Å². The minimum Gasteiger partial charge on any atom is -0.383 e. The third kappa shape index (κ3) is 4.64. The lowest BCUT2D eigenvalue weighted by Gasteiger charge is -2.15. The largest absolute Gasteiger partial charge is 0.435 e. The van der Waals surface area contributed by atoms with Gasteiger partial charge in [0.15, 0.2) is 5.69 Å². The molecule has 2 aromatic rings. The van der Waals surface area contributed by atoms with Crippen LogP contribution in [-0.4, -0.2) is 16.5 Å². The highest BCUT2D eigenvalue weighted by Crippen LogP contribution is 2.35. The molecule has 0 fully saturated rings. The van der Waals surface area contributed by atoms with Crippen LogP contribution in [0.25, 0.3) is 11.3 Å². The van der Waals surface area contributed by atoms with Crippen molar-refractivity contribution in [2.75, 3.05) is 11.9 Å². The molecular formula is C16H17F4N3. The molecule has 0 aliphatic carbocycles. The van der Waals surface area contributed by atoms with E-state index in [1.807, 2.05) is 13.8 Å². The maximum atomic E-state index is 13.2. The smallest absolute Gasteiger partial charge is 0.383 e. The summed E-state index contributed by atoms with van der Waals surface area (Å²) >= 11 is 0. The zero-order chi connectivity index (χ0) is 17.0. The molecule has 0 saturated heterocycles. The van der Waals surface area contributed by atoms with Gasteiger partial charge in [0.05, 0.1) is 17.6 Å². The molecule has 3 nitrogen and oxygen atoms in total. The Kier molecular flexibility index (Phi) is 5.18. The van der Waals surface area contributed by atoms with Gasteiger partial charge >= 0.3 is 6.18 Å². The van der Waals surface area contributed by atoms with E-state index in [-0.39, 0.29) is 16.9 Å². The first-order valence-electron chi connectivity index (χ1n) is 7.20. The normalized spacial score (nSPS) is 11.8. The SMILES string of the molecule is CC(C)CCNc1ccc(-c2cncc(F)c2)nc1C(F)(F)F. The summed E-state index contributed by atoms with van der Waals surface area (Å²) in [6.45, 7) is 4.40. The monoisotopic (exact) mass is 327 g/mol. The van der Waals surface area contributed by atoms with Crippen molar-refractivity contribution in [2.45, 2.75) is 26.4 Å². The number of pyridine rings is 2. The van der Waals surface area contributed by atoms with E-state index in [9.17, 15) is 17.6 Å². The molecule has 7 heteroatoms. The van der Waals surface area contributed by atoms with E-state index in [1.165, 1.54) is 18.3 Å². The van der Waals surface area contributed by atoms with Gasteiger partial charge in [-0.2, -0.15) is 13.2 Å². The van der Waals surface area contributed by atoms with Gasteiger partial charge in [0.1, 0.15) is 5.82 Å². The van der Waals surface area contributed by atoms with Crippen LogP contribution in [0.15, 0.2) is 30.6 Å². The lowest BCUT2D eigenvalue weighted by molar-refractivity contribution is -0.140. The molecule has 1 N–H and O–H groups in total. The number of anilines is 1. The summed E-state index contributed by atoms with van der Waals surface area (Å²) in [5.74, 6) is -0.251. The Labute approximate surface area is 131 Å². The van der Waals surface area contributed by atoms with Crippen molar-refractivity contribution in [1.82, 2.24) is 9.97 Å². The van der Waals surface area contributed by atoms with Gasteiger partial charge in [-0.15, -0.1) is 0 Å². The summed E-state index contributed by atoms with van der Waals surface area (Å²) in [4.78, 5) is 7.29. The molecular weight excluding hydrogens is 310 g/mol. The van der Waals surface area contributed by atoms with Crippen LogP contribution in [0.2, 0.25) is 0 Å². The molecule has 0 atom stereocenters. The van der Waals surface area contributed by atoms with Gasteiger partial charge in [0.2, 0.25) is 0 Å². The summed E-state index contributed by atoms with van der Waals surface area (Å²) < 4.78 is 52.8. The Morgan fingerprint density at radius 1 is 1.17 bits per heavy atom. The Balaban J connectivity index is 2.34. The number of halogens is 4. The van der Waals surface area contributed by atoms with Crippen molar-refractivity contribution in [3.8, 4) is 11.3 Å². The van der Waals surface area contributed by atoms with Crippen LogP contribution in [-0.2, 0) is 6.18 Å². The molecule has 0 bridgehead atoms. The van der Waals surface area contributed by atoms with Gasteiger partial charge in [-0.1, -0.05) is 13.8 Å². The van der Waals surface area contributed by atoms with E-state index in [1.54, 1.807) is 0 Å². The lowest BCUT2D eigenvalue weighted by atomic mass is 10.1. The quantitative estimate of drug-likeness (QED) is 0.805. The fourth-order valence-corrected chi connectivity index (χ4v) is 2.03. The van der Waals surface area contributed by atoms with Crippen molar-refractivity contribution in [3.05, 3.63) is 42.1 Å². The average Bonchev–Trinajstić information content (AvgIpc) is 2.46. The molecule has 124 valence electrons. The van der Waals surface area contributed by atoms with E-state index in [0.717, 1.165) is 18.7 Å². The standard InChI is InChI=1S/C16H17F4N3/c1-10(2)5-6-22-14-4-3-13(23-15(14)16(18,19)20)11-7-12(17)9-21-8-11/h3-4,7-10,22H,5-6H2,1-2H3. The molecule has 0 saturated carbocycles. The van der Waals surface area contributed by atoms with E-state index < -0.39 is 17.7 Å². The molecule has 2 rings (SSSR count). The van der Waals surface area contributed by atoms with Gasteiger partial charge in [0.25, 0.3) is 0 Å². The van der Waals surface area contributed by atoms with Crippen LogP contribution in [0.1, 0.15) is 26.0 Å². The van der Waals surface area contributed by atoms with Gasteiger partial charge in [-0.3, -0.25) is 4.98 Å². The summed E-state index contributed by atoms with van der Waals surface area (Å²) in [6.07, 6.45) is -1.60. The number of hydrogen-bond donors (Lipinski definition) is 1. The van der Waals surface area contributed by atoms with Crippen molar-refractivity contribution >= 4 is 5.69 Å². The molecule has 0 aliphatic rings. The first-order valence-corrected chi connectivity index (χ1v) is 7.20. The predicted molar refractivity (Wildman–Crippen MR) is 80.4 cm³/mol. The van der Waals surface area contributed by atoms with E-state index >= 15 is 0 Å². The molecule has 0 aliphatic heterocycles. The molecule has 0 aromatic carbocycles. The fraction of sp³-hybridized carbons (Fsp3) is 0.375. The topological polar surface area (TPSA) is 37.8 Å². The zero-order valence-corrected chi connectivity index (χ0v) is 12.8. The third-order valence-corrected chi connectivity index (χ3v) is 3.20. The Morgan fingerprint density at radius 3 is 2.52 bits per heavy atom.